The van der Waals surface area contributed by atoms with E-state index in [0.29, 0.717) is 22.6 Å². The van der Waals surface area contributed by atoms with Crippen LogP contribution in [0.3, 0.4) is 0 Å². The predicted octanol–water partition coefficient (Wildman–Crippen LogP) is 3.85. The molecule has 0 saturated carbocycles. The molecule has 0 saturated heterocycles. The fourth-order valence-corrected chi connectivity index (χ4v) is 3.46. The van der Waals surface area contributed by atoms with Crippen LogP contribution in [0.15, 0.2) is 42.5 Å². The second-order valence-corrected chi connectivity index (χ2v) is 7.15. The minimum Gasteiger partial charge on any atom is -0.496 e. The molecule has 1 aromatic heterocycles. The molecule has 0 aliphatic rings. The summed E-state index contributed by atoms with van der Waals surface area (Å²) in [5.41, 5.74) is 2.97. The zero-order valence-electron chi connectivity index (χ0n) is 16.1. The zero-order valence-corrected chi connectivity index (χ0v) is 16.9. The summed E-state index contributed by atoms with van der Waals surface area (Å²) in [7, 11) is 1.54. The van der Waals surface area contributed by atoms with Crippen LogP contribution in [0.25, 0.3) is 11.0 Å². The number of rotatable bonds is 8. The quantitative estimate of drug-likeness (QED) is 0.424. The molecule has 0 atom stereocenters. The van der Waals surface area contributed by atoms with Crippen LogP contribution in [0.2, 0.25) is 0 Å². The molecule has 0 bridgehead atoms. The van der Waals surface area contributed by atoms with Gasteiger partial charge in [-0.2, -0.15) is 11.8 Å². The van der Waals surface area contributed by atoms with Crippen molar-refractivity contribution in [2.45, 2.75) is 25.8 Å². The topological polar surface area (TPSA) is 70.4 Å². The van der Waals surface area contributed by atoms with Crippen molar-refractivity contribution in [1.29, 1.82) is 0 Å². The molecule has 2 aromatic carbocycles. The van der Waals surface area contributed by atoms with E-state index >= 15 is 0 Å². The largest absolute Gasteiger partial charge is 0.496 e. The Morgan fingerprint density at radius 1 is 1.18 bits per heavy atom. The number of hydrogen-bond donors (Lipinski definition) is 0. The van der Waals surface area contributed by atoms with Crippen LogP contribution in [-0.2, 0) is 28.4 Å². The lowest BCUT2D eigenvalue weighted by molar-refractivity contribution is -0.145. The summed E-state index contributed by atoms with van der Waals surface area (Å²) in [5, 5.41) is 0. The molecule has 0 N–H and O–H groups in total. The number of methoxy groups -OCH3 is 1. The van der Waals surface area contributed by atoms with E-state index < -0.39 is 0 Å². The molecule has 1 heterocycles. The van der Waals surface area contributed by atoms with Crippen LogP contribution in [0.5, 0.6) is 5.75 Å². The SMILES string of the molecule is COc1ccc(C(C)=O)cc1COC(=O)Cn1c(CSC)nc2ccccc21. The van der Waals surface area contributed by atoms with Gasteiger partial charge in [-0.1, -0.05) is 12.1 Å². The number of carbonyl (C=O) groups excluding carboxylic acids is 2. The normalized spacial score (nSPS) is 10.8. The number of nitrogens with zero attached hydrogens (tertiary/aromatic N) is 2. The Labute approximate surface area is 167 Å². The maximum absolute atomic E-state index is 12.5. The minimum absolute atomic E-state index is 0.0353. The standard InChI is InChI=1S/C21H22N2O4S/c1-14(24)15-8-9-19(26-2)16(10-15)12-27-21(25)11-23-18-7-5-4-6-17(18)22-20(23)13-28-3/h4-10H,11-13H2,1-3H3. The monoisotopic (exact) mass is 398 g/mol. The third-order valence-electron chi connectivity index (χ3n) is 4.37. The van der Waals surface area contributed by atoms with Crippen molar-refractivity contribution in [1.82, 2.24) is 9.55 Å². The maximum atomic E-state index is 12.5. The lowest BCUT2D eigenvalue weighted by Crippen LogP contribution is -2.15. The Morgan fingerprint density at radius 2 is 1.96 bits per heavy atom. The lowest BCUT2D eigenvalue weighted by Gasteiger charge is -2.12. The van der Waals surface area contributed by atoms with E-state index in [0.717, 1.165) is 16.9 Å². The van der Waals surface area contributed by atoms with Crippen molar-refractivity contribution >= 4 is 34.5 Å². The first-order chi connectivity index (χ1) is 13.5. The highest BCUT2D eigenvalue weighted by molar-refractivity contribution is 7.97. The Balaban J connectivity index is 1.77. The van der Waals surface area contributed by atoms with Gasteiger partial charge >= 0.3 is 5.97 Å². The van der Waals surface area contributed by atoms with Gasteiger partial charge in [-0.3, -0.25) is 9.59 Å². The molecule has 146 valence electrons. The number of thioether (sulfide) groups is 1. The van der Waals surface area contributed by atoms with Gasteiger partial charge in [-0.15, -0.1) is 0 Å². The van der Waals surface area contributed by atoms with Crippen molar-refractivity contribution in [2.75, 3.05) is 13.4 Å². The van der Waals surface area contributed by atoms with E-state index in [2.05, 4.69) is 4.98 Å². The van der Waals surface area contributed by atoms with Gasteiger partial charge in [0.25, 0.3) is 0 Å². The first-order valence-electron chi connectivity index (χ1n) is 8.80. The number of esters is 1. The molecule has 0 amide bonds. The lowest BCUT2D eigenvalue weighted by atomic mass is 10.1. The van der Waals surface area contributed by atoms with Gasteiger partial charge in [0.2, 0.25) is 0 Å². The number of Topliss-reactive ketones (excluding diaryl/α,β-unsaturated/α-hetero) is 1. The first kappa shape index (κ1) is 19.9. The number of para-hydroxylation sites is 2. The summed E-state index contributed by atoms with van der Waals surface area (Å²) in [4.78, 5) is 28.7. The summed E-state index contributed by atoms with van der Waals surface area (Å²) in [6.45, 7) is 1.60. The number of ketones is 1. The highest BCUT2D eigenvalue weighted by atomic mass is 32.2. The van der Waals surface area contributed by atoms with E-state index in [1.165, 1.54) is 6.92 Å². The van der Waals surface area contributed by atoms with Crippen LogP contribution in [0.1, 0.15) is 28.7 Å². The summed E-state index contributed by atoms with van der Waals surface area (Å²) in [6.07, 6.45) is 2.00. The third kappa shape index (κ3) is 4.36. The maximum Gasteiger partial charge on any atom is 0.326 e. The van der Waals surface area contributed by atoms with E-state index in [1.807, 2.05) is 35.1 Å². The van der Waals surface area contributed by atoms with E-state index in [4.69, 9.17) is 9.47 Å². The number of imidazole rings is 1. The predicted molar refractivity (Wildman–Crippen MR) is 110 cm³/mol. The van der Waals surface area contributed by atoms with Gasteiger partial charge in [0.05, 0.1) is 23.9 Å². The molecule has 7 heteroatoms. The average molecular weight is 398 g/mol. The van der Waals surface area contributed by atoms with Crippen molar-refractivity contribution in [3.8, 4) is 5.75 Å². The number of fused-ring (bicyclic) bond motifs is 1. The number of aromatic nitrogens is 2. The Bertz CT molecular complexity index is 1010. The molecule has 0 aliphatic heterocycles. The smallest absolute Gasteiger partial charge is 0.326 e. The Kier molecular flexibility index (Phi) is 6.36. The van der Waals surface area contributed by atoms with Gasteiger partial charge in [0.15, 0.2) is 5.78 Å². The molecule has 0 unspecified atom stereocenters. The molecule has 3 aromatic rings. The summed E-state index contributed by atoms with van der Waals surface area (Å²) in [5.74, 6) is 1.69. The molecule has 0 spiro atoms. The van der Waals surface area contributed by atoms with Crippen LogP contribution >= 0.6 is 11.8 Å². The fraction of sp³-hybridized carbons (Fsp3) is 0.286. The highest BCUT2D eigenvalue weighted by Crippen LogP contribution is 2.22. The Hall–Kier alpha value is -2.80. The summed E-state index contributed by atoms with van der Waals surface area (Å²) < 4.78 is 12.7. The Morgan fingerprint density at radius 3 is 2.68 bits per heavy atom. The van der Waals surface area contributed by atoms with Gasteiger partial charge < -0.3 is 14.0 Å². The van der Waals surface area contributed by atoms with Crippen LogP contribution < -0.4 is 4.74 Å². The van der Waals surface area contributed by atoms with Gasteiger partial charge in [-0.05, 0) is 43.5 Å². The number of ether oxygens (including phenoxy) is 2. The van der Waals surface area contributed by atoms with Crippen LogP contribution in [0, 0.1) is 0 Å². The highest BCUT2D eigenvalue weighted by Gasteiger charge is 2.15. The number of benzene rings is 2. The molecular formula is C21H22N2O4S. The molecular weight excluding hydrogens is 376 g/mol. The first-order valence-corrected chi connectivity index (χ1v) is 10.2. The van der Waals surface area contributed by atoms with Crippen molar-refractivity contribution < 1.29 is 19.1 Å². The second-order valence-electron chi connectivity index (χ2n) is 6.28. The molecule has 6 nitrogen and oxygen atoms in total. The van der Waals surface area contributed by atoms with Crippen molar-refractivity contribution in [3.05, 3.63) is 59.4 Å². The van der Waals surface area contributed by atoms with E-state index in [1.54, 1.807) is 37.1 Å². The van der Waals surface area contributed by atoms with Gasteiger partial charge in [0.1, 0.15) is 24.7 Å². The van der Waals surface area contributed by atoms with Gasteiger partial charge in [0, 0.05) is 11.1 Å². The number of hydrogen-bond acceptors (Lipinski definition) is 6. The second kappa shape index (κ2) is 8.93. The molecule has 3 rings (SSSR count). The molecule has 28 heavy (non-hydrogen) atoms. The zero-order chi connectivity index (χ0) is 20.1. The fourth-order valence-electron chi connectivity index (χ4n) is 2.98. The van der Waals surface area contributed by atoms with E-state index in [-0.39, 0.29) is 24.9 Å². The van der Waals surface area contributed by atoms with Crippen LogP contribution in [0.4, 0.5) is 0 Å². The minimum atomic E-state index is -0.374. The summed E-state index contributed by atoms with van der Waals surface area (Å²) in [6, 6.07) is 12.8. The van der Waals surface area contributed by atoms with Crippen LogP contribution in [-0.4, -0.2) is 34.7 Å². The number of carbonyl (C=O) groups is 2. The van der Waals surface area contributed by atoms with Crippen molar-refractivity contribution in [3.63, 3.8) is 0 Å². The summed E-state index contributed by atoms with van der Waals surface area (Å²) >= 11 is 1.65. The molecule has 0 radical (unpaired) electrons. The third-order valence-corrected chi connectivity index (χ3v) is 4.92. The van der Waals surface area contributed by atoms with E-state index in [9.17, 15) is 9.59 Å². The van der Waals surface area contributed by atoms with Crippen molar-refractivity contribution in [2.24, 2.45) is 0 Å². The van der Waals surface area contributed by atoms with Gasteiger partial charge in [-0.25, -0.2) is 4.98 Å². The molecule has 0 aliphatic carbocycles. The molecule has 0 fully saturated rings. The average Bonchev–Trinajstić information content (AvgIpc) is 3.03.